The Labute approximate surface area is 123 Å². The predicted molar refractivity (Wildman–Crippen MR) is 76.4 cm³/mol. The first-order valence-electron chi connectivity index (χ1n) is 7.26. The molecule has 3 rings (SSSR count). The van der Waals surface area contributed by atoms with Gasteiger partial charge in [0, 0.05) is 19.0 Å². The van der Waals surface area contributed by atoms with Crippen molar-refractivity contribution < 1.29 is 9.26 Å². The quantitative estimate of drug-likeness (QED) is 0.851. The maximum Gasteiger partial charge on any atom is 0.234 e. The maximum absolute atomic E-state index is 5.40. The van der Waals surface area contributed by atoms with Gasteiger partial charge in [0.2, 0.25) is 11.8 Å². The number of hydrogen-bond acceptors (Lipinski definition) is 7. The normalized spacial score (nSPS) is 16.2. The number of hydrogen-bond donors (Lipinski definition) is 0. The Balaban J connectivity index is 1.64. The van der Waals surface area contributed by atoms with Crippen LogP contribution >= 0.6 is 0 Å². The average Bonchev–Trinajstić information content (AvgIpc) is 2.95. The fraction of sp³-hybridized carbons (Fsp3) is 0.571. The van der Waals surface area contributed by atoms with Gasteiger partial charge in [-0.15, -0.1) is 0 Å². The summed E-state index contributed by atoms with van der Waals surface area (Å²) in [6.07, 6.45) is 5.37. The highest BCUT2D eigenvalue weighted by Gasteiger charge is 2.25. The van der Waals surface area contributed by atoms with E-state index in [4.69, 9.17) is 9.26 Å². The third-order valence-electron chi connectivity index (χ3n) is 3.60. The van der Waals surface area contributed by atoms with Crippen molar-refractivity contribution in [2.75, 3.05) is 24.6 Å². The molecule has 1 aliphatic rings. The largest absolute Gasteiger partial charge is 0.477 e. The molecule has 1 aliphatic heterocycles. The highest BCUT2D eigenvalue weighted by molar-refractivity contribution is 5.38. The van der Waals surface area contributed by atoms with Gasteiger partial charge in [-0.3, -0.25) is 4.98 Å². The van der Waals surface area contributed by atoms with Gasteiger partial charge in [0.1, 0.15) is 0 Å². The molecule has 1 saturated heterocycles. The molecule has 2 aromatic rings. The summed E-state index contributed by atoms with van der Waals surface area (Å²) in [6.45, 7) is 6.17. The first-order valence-corrected chi connectivity index (χ1v) is 7.26. The maximum atomic E-state index is 5.40. The molecule has 0 aromatic carbocycles. The van der Waals surface area contributed by atoms with Crippen LogP contribution in [0.25, 0.3) is 0 Å². The second kappa shape index (κ2) is 6.07. The van der Waals surface area contributed by atoms with Gasteiger partial charge in [0.05, 0.1) is 19.0 Å². The van der Waals surface area contributed by atoms with E-state index in [9.17, 15) is 0 Å². The van der Waals surface area contributed by atoms with E-state index in [2.05, 4.69) is 25.0 Å². The Bertz CT molecular complexity index is 593. The van der Waals surface area contributed by atoms with Crippen molar-refractivity contribution in [2.45, 2.75) is 32.6 Å². The van der Waals surface area contributed by atoms with Gasteiger partial charge in [-0.25, -0.2) is 0 Å². The van der Waals surface area contributed by atoms with Crippen LogP contribution in [-0.4, -0.2) is 39.8 Å². The van der Waals surface area contributed by atoms with Gasteiger partial charge in [0.15, 0.2) is 11.6 Å². The summed E-state index contributed by atoms with van der Waals surface area (Å²) >= 11 is 0. The molecular formula is C14H19N5O2. The predicted octanol–water partition coefficient (Wildman–Crippen LogP) is 1.95. The van der Waals surface area contributed by atoms with Crippen molar-refractivity contribution in [3.63, 3.8) is 0 Å². The van der Waals surface area contributed by atoms with E-state index in [0.717, 1.165) is 37.6 Å². The van der Waals surface area contributed by atoms with Gasteiger partial charge < -0.3 is 14.2 Å². The minimum atomic E-state index is 0.338. The zero-order valence-electron chi connectivity index (χ0n) is 12.3. The fourth-order valence-corrected chi connectivity index (χ4v) is 2.54. The summed E-state index contributed by atoms with van der Waals surface area (Å²) in [7, 11) is 0. The summed E-state index contributed by atoms with van der Waals surface area (Å²) < 4.78 is 10.7. The highest BCUT2D eigenvalue weighted by Crippen LogP contribution is 2.29. The van der Waals surface area contributed by atoms with E-state index in [-0.39, 0.29) is 0 Å². The van der Waals surface area contributed by atoms with Gasteiger partial charge in [-0.2, -0.15) is 9.97 Å². The average molecular weight is 289 g/mol. The molecule has 0 N–H and O–H groups in total. The van der Waals surface area contributed by atoms with Crippen LogP contribution in [0.3, 0.4) is 0 Å². The molecular weight excluding hydrogens is 270 g/mol. The van der Waals surface area contributed by atoms with Gasteiger partial charge in [-0.1, -0.05) is 5.16 Å². The molecule has 0 bridgehead atoms. The lowest BCUT2D eigenvalue weighted by atomic mass is 9.97. The number of anilines is 1. The van der Waals surface area contributed by atoms with E-state index in [1.165, 1.54) is 0 Å². The molecule has 0 radical (unpaired) electrons. The lowest BCUT2D eigenvalue weighted by Crippen LogP contribution is -2.33. The zero-order chi connectivity index (χ0) is 14.7. The minimum Gasteiger partial charge on any atom is -0.477 e. The Kier molecular flexibility index (Phi) is 3.98. The number of nitrogens with zero attached hydrogens (tertiary/aromatic N) is 5. The molecule has 0 amide bonds. The van der Waals surface area contributed by atoms with Crippen LogP contribution in [0.1, 0.15) is 37.4 Å². The molecule has 0 spiro atoms. The van der Waals surface area contributed by atoms with Crippen LogP contribution in [0.5, 0.6) is 5.88 Å². The summed E-state index contributed by atoms with van der Waals surface area (Å²) in [6, 6.07) is 0. The Morgan fingerprint density at radius 2 is 2.10 bits per heavy atom. The van der Waals surface area contributed by atoms with Gasteiger partial charge in [-0.05, 0) is 26.7 Å². The van der Waals surface area contributed by atoms with Gasteiger partial charge >= 0.3 is 0 Å². The molecule has 0 unspecified atom stereocenters. The van der Waals surface area contributed by atoms with E-state index in [1.54, 1.807) is 12.4 Å². The molecule has 1 fully saturated rings. The zero-order valence-corrected chi connectivity index (χ0v) is 12.3. The third-order valence-corrected chi connectivity index (χ3v) is 3.60. The number of ether oxygens (including phenoxy) is 1. The third kappa shape index (κ3) is 3.12. The molecule has 7 heteroatoms. The van der Waals surface area contributed by atoms with Crippen LogP contribution < -0.4 is 9.64 Å². The van der Waals surface area contributed by atoms with E-state index < -0.39 is 0 Å². The standard InChI is InChI=1S/C14H19N5O2/c1-3-20-13-9-15-8-12(17-13)19-6-4-11(5-7-19)14-16-10(2)18-21-14/h8-9,11H,3-7H2,1-2H3. The number of rotatable bonds is 4. The molecule has 0 atom stereocenters. The second-order valence-corrected chi connectivity index (χ2v) is 5.09. The van der Waals surface area contributed by atoms with Crippen molar-refractivity contribution in [3.05, 3.63) is 24.1 Å². The molecule has 21 heavy (non-hydrogen) atoms. The monoisotopic (exact) mass is 289 g/mol. The molecule has 112 valence electrons. The topological polar surface area (TPSA) is 77.2 Å². The Hall–Kier alpha value is -2.18. The Morgan fingerprint density at radius 3 is 2.76 bits per heavy atom. The SMILES string of the molecule is CCOc1cncc(N2CCC(c3nc(C)no3)CC2)n1. The van der Waals surface area contributed by atoms with Crippen LogP contribution in [0, 0.1) is 6.92 Å². The van der Waals surface area contributed by atoms with Crippen LogP contribution in [0.4, 0.5) is 5.82 Å². The fourth-order valence-electron chi connectivity index (χ4n) is 2.54. The van der Waals surface area contributed by atoms with E-state index in [1.807, 2.05) is 13.8 Å². The number of piperidine rings is 1. The molecule has 0 saturated carbocycles. The van der Waals surface area contributed by atoms with E-state index >= 15 is 0 Å². The first-order chi connectivity index (χ1) is 10.3. The lowest BCUT2D eigenvalue weighted by Gasteiger charge is -2.31. The lowest BCUT2D eigenvalue weighted by molar-refractivity contribution is 0.321. The van der Waals surface area contributed by atoms with Crippen molar-refractivity contribution >= 4 is 5.82 Å². The molecule has 0 aliphatic carbocycles. The summed E-state index contributed by atoms with van der Waals surface area (Å²) in [5, 5.41) is 3.86. The summed E-state index contributed by atoms with van der Waals surface area (Å²) in [5.41, 5.74) is 0. The van der Waals surface area contributed by atoms with Crippen molar-refractivity contribution in [2.24, 2.45) is 0 Å². The second-order valence-electron chi connectivity index (χ2n) is 5.09. The van der Waals surface area contributed by atoms with Crippen molar-refractivity contribution in [1.82, 2.24) is 20.1 Å². The highest BCUT2D eigenvalue weighted by atomic mass is 16.5. The van der Waals surface area contributed by atoms with E-state index in [0.29, 0.717) is 24.2 Å². The van der Waals surface area contributed by atoms with Gasteiger partial charge in [0.25, 0.3) is 0 Å². The van der Waals surface area contributed by atoms with Crippen molar-refractivity contribution in [1.29, 1.82) is 0 Å². The molecule has 2 aromatic heterocycles. The minimum absolute atomic E-state index is 0.338. The number of aromatic nitrogens is 4. The smallest absolute Gasteiger partial charge is 0.234 e. The van der Waals surface area contributed by atoms with Crippen LogP contribution in [0.2, 0.25) is 0 Å². The Morgan fingerprint density at radius 1 is 1.29 bits per heavy atom. The van der Waals surface area contributed by atoms with Crippen molar-refractivity contribution in [3.8, 4) is 5.88 Å². The summed E-state index contributed by atoms with van der Waals surface area (Å²) in [4.78, 5) is 15.2. The van der Waals surface area contributed by atoms with Crippen LogP contribution in [0.15, 0.2) is 16.9 Å². The van der Waals surface area contributed by atoms with Crippen LogP contribution in [-0.2, 0) is 0 Å². The molecule has 7 nitrogen and oxygen atoms in total. The number of aryl methyl sites for hydroxylation is 1. The summed E-state index contributed by atoms with van der Waals surface area (Å²) in [5.74, 6) is 3.22. The molecule has 3 heterocycles. The first kappa shape index (κ1) is 13.8.